The zero-order chi connectivity index (χ0) is 21.3. The third-order valence-electron chi connectivity index (χ3n) is 6.54. The summed E-state index contributed by atoms with van der Waals surface area (Å²) in [6.07, 6.45) is 8.62. The summed E-state index contributed by atoms with van der Waals surface area (Å²) in [6.45, 7) is 7.31. The first-order valence-corrected chi connectivity index (χ1v) is 11.7. The van der Waals surface area contributed by atoms with Crippen LogP contribution < -0.4 is 4.74 Å². The lowest BCUT2D eigenvalue weighted by molar-refractivity contribution is -0.0820. The van der Waals surface area contributed by atoms with Crippen LogP contribution in [0, 0.1) is 5.92 Å². The average Bonchev–Trinajstić information content (AvgIpc) is 2.78. The Hall–Kier alpha value is -2.00. The van der Waals surface area contributed by atoms with E-state index in [4.69, 9.17) is 9.47 Å². The number of phenols is 1. The molecule has 1 aliphatic rings. The van der Waals surface area contributed by atoms with E-state index in [0.717, 1.165) is 25.2 Å². The van der Waals surface area contributed by atoms with Crippen LogP contribution in [0.1, 0.15) is 88.7 Å². The number of phenolic OH excluding ortho intramolecular Hbond substituents is 1. The van der Waals surface area contributed by atoms with Crippen molar-refractivity contribution in [2.45, 2.75) is 83.8 Å². The Morgan fingerprint density at radius 3 is 2.17 bits per heavy atom. The molecule has 0 bridgehead atoms. The number of ether oxygens (including phenoxy) is 2. The van der Waals surface area contributed by atoms with Gasteiger partial charge in [-0.1, -0.05) is 57.4 Å². The van der Waals surface area contributed by atoms with E-state index < -0.39 is 0 Å². The highest BCUT2D eigenvalue weighted by atomic mass is 16.7. The van der Waals surface area contributed by atoms with Gasteiger partial charge in [-0.25, -0.2) is 0 Å². The number of hydrogen-bond acceptors (Lipinski definition) is 3. The van der Waals surface area contributed by atoms with E-state index in [9.17, 15) is 5.11 Å². The fourth-order valence-electron chi connectivity index (χ4n) is 4.57. The topological polar surface area (TPSA) is 38.7 Å². The fraction of sp³-hybridized carbons (Fsp3) is 0.556. The van der Waals surface area contributed by atoms with Crippen molar-refractivity contribution in [1.82, 2.24) is 0 Å². The van der Waals surface area contributed by atoms with Crippen LogP contribution in [0.2, 0.25) is 0 Å². The molecule has 3 heteroatoms. The first-order valence-electron chi connectivity index (χ1n) is 11.7. The van der Waals surface area contributed by atoms with Gasteiger partial charge >= 0.3 is 0 Å². The smallest absolute Gasteiger partial charge is 0.196 e. The van der Waals surface area contributed by atoms with E-state index in [1.54, 1.807) is 12.1 Å². The molecule has 0 spiro atoms. The Labute approximate surface area is 182 Å². The van der Waals surface area contributed by atoms with Crippen molar-refractivity contribution in [2.75, 3.05) is 6.61 Å². The second kappa shape index (κ2) is 11.4. The van der Waals surface area contributed by atoms with Crippen LogP contribution in [0.3, 0.4) is 0 Å². The standard InChI is InChI=1S/C27H38O3/c1-4-23(18-20(2)24-10-14-26(28)15-11-24)25-12-16-27(17-13-25)30-21(3)29-19-22-8-6-5-7-9-22/h10-17,20-23,28H,4-9,18-19H2,1-3H3. The summed E-state index contributed by atoms with van der Waals surface area (Å²) in [5.41, 5.74) is 2.63. The molecular formula is C27H38O3. The van der Waals surface area contributed by atoms with Gasteiger partial charge in [-0.05, 0) is 85.8 Å². The molecule has 3 rings (SSSR count). The molecule has 1 fully saturated rings. The van der Waals surface area contributed by atoms with Crippen LogP contribution in [0.4, 0.5) is 0 Å². The molecule has 3 unspecified atom stereocenters. The molecule has 0 aliphatic heterocycles. The molecule has 1 N–H and O–H groups in total. The van der Waals surface area contributed by atoms with E-state index >= 15 is 0 Å². The van der Waals surface area contributed by atoms with Crippen LogP contribution >= 0.6 is 0 Å². The molecule has 0 amide bonds. The Morgan fingerprint density at radius 2 is 1.53 bits per heavy atom. The van der Waals surface area contributed by atoms with Gasteiger partial charge in [-0.3, -0.25) is 0 Å². The van der Waals surface area contributed by atoms with Crippen molar-refractivity contribution in [3.63, 3.8) is 0 Å². The summed E-state index contributed by atoms with van der Waals surface area (Å²) in [6, 6.07) is 16.1. The minimum atomic E-state index is -0.214. The zero-order valence-electron chi connectivity index (χ0n) is 18.8. The van der Waals surface area contributed by atoms with Crippen LogP contribution in [0.15, 0.2) is 48.5 Å². The van der Waals surface area contributed by atoms with Gasteiger partial charge in [0.1, 0.15) is 11.5 Å². The second-order valence-corrected chi connectivity index (χ2v) is 8.93. The summed E-state index contributed by atoms with van der Waals surface area (Å²) >= 11 is 0. The van der Waals surface area contributed by atoms with Gasteiger partial charge in [0.2, 0.25) is 0 Å². The van der Waals surface area contributed by atoms with Gasteiger partial charge in [-0.15, -0.1) is 0 Å². The summed E-state index contributed by atoms with van der Waals surface area (Å²) < 4.78 is 11.9. The van der Waals surface area contributed by atoms with Crippen LogP contribution in [0.25, 0.3) is 0 Å². The van der Waals surface area contributed by atoms with E-state index in [0.29, 0.717) is 23.5 Å². The van der Waals surface area contributed by atoms with E-state index in [1.807, 2.05) is 19.1 Å². The van der Waals surface area contributed by atoms with Gasteiger partial charge in [0.15, 0.2) is 6.29 Å². The van der Waals surface area contributed by atoms with Gasteiger partial charge in [-0.2, -0.15) is 0 Å². The molecule has 164 valence electrons. The third-order valence-corrected chi connectivity index (χ3v) is 6.54. The zero-order valence-corrected chi connectivity index (χ0v) is 18.8. The lowest BCUT2D eigenvalue weighted by Crippen LogP contribution is -2.22. The van der Waals surface area contributed by atoms with Crippen molar-refractivity contribution in [3.05, 3.63) is 59.7 Å². The van der Waals surface area contributed by atoms with Crippen molar-refractivity contribution < 1.29 is 14.6 Å². The highest BCUT2D eigenvalue weighted by molar-refractivity contribution is 5.31. The van der Waals surface area contributed by atoms with Gasteiger partial charge in [0.25, 0.3) is 0 Å². The summed E-state index contributed by atoms with van der Waals surface area (Å²) in [5.74, 6) is 2.84. The molecule has 3 atom stereocenters. The maximum absolute atomic E-state index is 9.51. The normalized spacial score (nSPS) is 18.0. The summed E-state index contributed by atoms with van der Waals surface area (Å²) in [5, 5.41) is 9.51. The first-order chi connectivity index (χ1) is 14.5. The van der Waals surface area contributed by atoms with Gasteiger partial charge < -0.3 is 14.6 Å². The Morgan fingerprint density at radius 1 is 0.900 bits per heavy atom. The maximum atomic E-state index is 9.51. The van der Waals surface area contributed by atoms with E-state index in [2.05, 4.69) is 38.1 Å². The molecule has 0 heterocycles. The monoisotopic (exact) mass is 410 g/mol. The second-order valence-electron chi connectivity index (χ2n) is 8.93. The van der Waals surface area contributed by atoms with Crippen molar-refractivity contribution >= 4 is 0 Å². The molecule has 3 nitrogen and oxygen atoms in total. The molecule has 0 saturated heterocycles. The number of benzene rings is 2. The number of aromatic hydroxyl groups is 1. The van der Waals surface area contributed by atoms with E-state index in [1.165, 1.54) is 43.2 Å². The quantitative estimate of drug-likeness (QED) is 0.415. The molecule has 1 aliphatic carbocycles. The Balaban J connectivity index is 1.50. The molecule has 2 aromatic rings. The molecule has 0 aromatic heterocycles. The molecule has 0 radical (unpaired) electrons. The van der Waals surface area contributed by atoms with Crippen LogP contribution in [-0.2, 0) is 4.74 Å². The van der Waals surface area contributed by atoms with Crippen molar-refractivity contribution in [1.29, 1.82) is 0 Å². The highest BCUT2D eigenvalue weighted by Crippen LogP contribution is 2.33. The third kappa shape index (κ3) is 6.77. The number of hydrogen-bond donors (Lipinski definition) is 1. The SMILES string of the molecule is CCC(CC(C)c1ccc(O)cc1)c1ccc(OC(C)OCC2CCCCC2)cc1. The number of rotatable bonds is 10. The fourth-order valence-corrected chi connectivity index (χ4v) is 4.57. The van der Waals surface area contributed by atoms with E-state index in [-0.39, 0.29) is 6.29 Å². The largest absolute Gasteiger partial charge is 0.508 e. The predicted molar refractivity (Wildman–Crippen MR) is 123 cm³/mol. The maximum Gasteiger partial charge on any atom is 0.196 e. The van der Waals surface area contributed by atoms with Crippen molar-refractivity contribution in [3.8, 4) is 11.5 Å². The van der Waals surface area contributed by atoms with Crippen LogP contribution in [-0.4, -0.2) is 18.0 Å². The predicted octanol–water partition coefficient (Wildman–Crippen LogP) is 7.40. The Kier molecular flexibility index (Phi) is 8.62. The molecule has 1 saturated carbocycles. The van der Waals surface area contributed by atoms with Gasteiger partial charge in [0, 0.05) is 0 Å². The molecular weight excluding hydrogens is 372 g/mol. The average molecular weight is 411 g/mol. The first kappa shape index (κ1) is 22.7. The lowest BCUT2D eigenvalue weighted by atomic mass is 9.84. The minimum Gasteiger partial charge on any atom is -0.508 e. The Bertz CT molecular complexity index is 732. The van der Waals surface area contributed by atoms with Crippen LogP contribution in [0.5, 0.6) is 11.5 Å². The molecule has 30 heavy (non-hydrogen) atoms. The molecule has 2 aromatic carbocycles. The van der Waals surface area contributed by atoms with Crippen molar-refractivity contribution in [2.24, 2.45) is 5.92 Å². The highest BCUT2D eigenvalue weighted by Gasteiger charge is 2.17. The minimum absolute atomic E-state index is 0.214. The summed E-state index contributed by atoms with van der Waals surface area (Å²) in [7, 11) is 0. The van der Waals surface area contributed by atoms with Gasteiger partial charge in [0.05, 0.1) is 6.61 Å². The lowest BCUT2D eigenvalue weighted by Gasteiger charge is -2.24. The summed E-state index contributed by atoms with van der Waals surface area (Å²) in [4.78, 5) is 0.